The molecular formula is C39H39N7O6S2. The molecule has 54 heavy (non-hydrogen) atoms. The fourth-order valence-corrected chi connectivity index (χ4v) is 8.82. The number of rotatable bonds is 14. The van der Waals surface area contributed by atoms with Crippen molar-refractivity contribution in [2.24, 2.45) is 5.73 Å². The predicted molar refractivity (Wildman–Crippen MR) is 205 cm³/mol. The third kappa shape index (κ3) is 8.20. The number of benzene rings is 3. The minimum absolute atomic E-state index is 0.0413. The lowest BCUT2D eigenvalue weighted by Gasteiger charge is -2.31. The van der Waals surface area contributed by atoms with Crippen molar-refractivity contribution in [3.8, 4) is 0 Å². The molecule has 0 unspecified atom stereocenters. The number of amides is 2. The van der Waals surface area contributed by atoms with E-state index in [9.17, 15) is 23.1 Å². The van der Waals surface area contributed by atoms with Gasteiger partial charge in [-0.05, 0) is 60.7 Å². The van der Waals surface area contributed by atoms with Gasteiger partial charge < -0.3 is 15.6 Å². The molecule has 0 fully saturated rings. The van der Waals surface area contributed by atoms with E-state index in [1.165, 1.54) is 47.5 Å². The molecule has 2 amide bonds. The van der Waals surface area contributed by atoms with Gasteiger partial charge in [0.1, 0.15) is 6.33 Å². The number of carbonyl (C=O) groups is 2. The van der Waals surface area contributed by atoms with Gasteiger partial charge in [-0.2, -0.15) is 4.31 Å². The molecule has 0 bridgehead atoms. The van der Waals surface area contributed by atoms with Crippen LogP contribution in [0.4, 0.5) is 10.5 Å². The summed E-state index contributed by atoms with van der Waals surface area (Å²) in [6.45, 7) is 1.10. The first-order valence-corrected chi connectivity index (χ1v) is 19.4. The molecule has 15 heteroatoms. The normalized spacial score (nSPS) is 12.9. The average Bonchev–Trinajstić information content (AvgIpc) is 3.68. The SMILES string of the molecule is COC(=O)N(C(=O)[C@@H](N)C(c1ccccc1)c1ccccc1)c1cnccc1CC[C@@H](CO)N(Cc1cncnc1C)S(=O)(=O)c1ccc2ncsc2c1. The van der Waals surface area contributed by atoms with Crippen LogP contribution < -0.4 is 10.6 Å². The third-order valence-corrected chi connectivity index (χ3v) is 12.0. The Morgan fingerprint density at radius 2 is 1.63 bits per heavy atom. The first kappa shape index (κ1) is 38.3. The minimum atomic E-state index is -4.20. The number of nitrogens with zero attached hydrogens (tertiary/aromatic N) is 6. The van der Waals surface area contributed by atoms with Crippen molar-refractivity contribution in [2.45, 2.75) is 49.2 Å². The molecule has 3 aromatic heterocycles. The number of aromatic nitrogens is 4. The van der Waals surface area contributed by atoms with Crippen LogP contribution in [0.5, 0.6) is 0 Å². The van der Waals surface area contributed by atoms with Crippen molar-refractivity contribution in [1.29, 1.82) is 0 Å². The molecule has 0 aliphatic rings. The van der Waals surface area contributed by atoms with E-state index in [-0.39, 0.29) is 30.0 Å². The molecule has 2 atom stereocenters. The van der Waals surface area contributed by atoms with E-state index in [0.29, 0.717) is 27.0 Å². The van der Waals surface area contributed by atoms with E-state index < -0.39 is 46.6 Å². The molecule has 278 valence electrons. The van der Waals surface area contributed by atoms with Crippen molar-refractivity contribution in [3.05, 3.63) is 143 Å². The molecule has 3 heterocycles. The van der Waals surface area contributed by atoms with Crippen LogP contribution in [0.25, 0.3) is 10.2 Å². The Kier molecular flexibility index (Phi) is 12.1. The number of hydrogen-bond acceptors (Lipinski definition) is 12. The number of nitrogens with two attached hydrogens (primary N) is 1. The quantitative estimate of drug-likeness (QED) is 0.148. The summed E-state index contributed by atoms with van der Waals surface area (Å²) in [4.78, 5) is 45.6. The average molecular weight is 766 g/mol. The highest BCUT2D eigenvalue weighted by atomic mass is 32.2. The Morgan fingerprint density at radius 3 is 2.28 bits per heavy atom. The van der Waals surface area contributed by atoms with Crippen LogP contribution >= 0.6 is 11.3 Å². The minimum Gasteiger partial charge on any atom is -0.452 e. The number of thiazole rings is 1. The van der Waals surface area contributed by atoms with Crippen molar-refractivity contribution in [2.75, 3.05) is 18.6 Å². The molecular weight excluding hydrogens is 727 g/mol. The van der Waals surface area contributed by atoms with Gasteiger partial charge >= 0.3 is 6.09 Å². The molecule has 3 N–H and O–H groups in total. The van der Waals surface area contributed by atoms with E-state index in [2.05, 4.69) is 19.9 Å². The molecule has 0 spiro atoms. The van der Waals surface area contributed by atoms with Crippen molar-refractivity contribution < 1.29 is 27.9 Å². The third-order valence-electron chi connectivity index (χ3n) is 9.28. The lowest BCUT2D eigenvalue weighted by molar-refractivity contribution is -0.119. The molecule has 0 saturated heterocycles. The largest absolute Gasteiger partial charge is 0.452 e. The number of aliphatic hydroxyl groups is 1. The number of imide groups is 1. The lowest BCUT2D eigenvalue weighted by atomic mass is 9.84. The number of hydrogen-bond donors (Lipinski definition) is 2. The van der Waals surface area contributed by atoms with Gasteiger partial charge in [-0.15, -0.1) is 11.3 Å². The van der Waals surface area contributed by atoms with Crippen LogP contribution in [-0.2, 0) is 32.5 Å². The summed E-state index contributed by atoms with van der Waals surface area (Å²) in [6, 6.07) is 22.8. The highest BCUT2D eigenvalue weighted by Crippen LogP contribution is 2.32. The predicted octanol–water partition coefficient (Wildman–Crippen LogP) is 5.23. The maximum Gasteiger partial charge on any atom is 0.421 e. The first-order chi connectivity index (χ1) is 26.1. The Morgan fingerprint density at radius 1 is 0.926 bits per heavy atom. The second-order valence-electron chi connectivity index (χ2n) is 12.5. The maximum atomic E-state index is 14.4. The summed E-state index contributed by atoms with van der Waals surface area (Å²) < 4.78 is 35.9. The van der Waals surface area contributed by atoms with Crippen LogP contribution in [0.2, 0.25) is 0 Å². The molecule has 0 aliphatic heterocycles. The summed E-state index contributed by atoms with van der Waals surface area (Å²) >= 11 is 1.32. The van der Waals surface area contributed by atoms with E-state index in [1.807, 2.05) is 60.7 Å². The van der Waals surface area contributed by atoms with Gasteiger partial charge in [0.2, 0.25) is 10.0 Å². The number of fused-ring (bicyclic) bond motifs is 1. The number of aliphatic hydroxyl groups excluding tert-OH is 1. The number of pyridine rings is 1. The summed E-state index contributed by atoms with van der Waals surface area (Å²) in [5.41, 5.74) is 12.4. The van der Waals surface area contributed by atoms with Crippen LogP contribution in [0.3, 0.4) is 0 Å². The summed E-state index contributed by atoms with van der Waals surface area (Å²) in [7, 11) is -3.04. The standard InChI is InChI=1S/C39H39N7O6S2/c1-26-30(20-42-24-43-26)22-45(54(50,51)32-15-16-33-35(19-32)53-25-44-33)31(23-47)14-13-27-17-18-41-21-34(27)46(39(49)52-2)38(48)37(40)36(28-9-5-3-6-10-28)29-11-7-4-8-12-29/h3-12,15-21,24-25,31,36-37,47H,13-14,22-23,40H2,1-2H3/t31-,37-/m0/s1. The monoisotopic (exact) mass is 765 g/mol. The highest BCUT2D eigenvalue weighted by Gasteiger charge is 2.37. The van der Waals surface area contributed by atoms with Gasteiger partial charge in [-0.25, -0.2) is 33.1 Å². The van der Waals surface area contributed by atoms with Crippen molar-refractivity contribution in [3.63, 3.8) is 0 Å². The molecule has 6 aromatic rings. The Hall–Kier alpha value is -5.45. The first-order valence-electron chi connectivity index (χ1n) is 17.1. The number of aryl methyl sites for hydroxylation is 2. The van der Waals surface area contributed by atoms with E-state index in [4.69, 9.17) is 10.5 Å². The maximum absolute atomic E-state index is 14.4. The van der Waals surface area contributed by atoms with E-state index >= 15 is 0 Å². The van der Waals surface area contributed by atoms with Crippen LogP contribution in [0.1, 0.15) is 40.3 Å². The number of ether oxygens (including phenoxy) is 1. The van der Waals surface area contributed by atoms with Gasteiger partial charge in [-0.3, -0.25) is 9.78 Å². The number of methoxy groups -OCH3 is 1. The summed E-state index contributed by atoms with van der Waals surface area (Å²) in [5.74, 6) is -1.34. The van der Waals surface area contributed by atoms with Gasteiger partial charge in [0.05, 0.1) is 52.3 Å². The zero-order valence-electron chi connectivity index (χ0n) is 29.6. The number of carbonyl (C=O) groups excluding carboxylic acids is 2. The van der Waals surface area contributed by atoms with Crippen molar-refractivity contribution in [1.82, 2.24) is 24.2 Å². The van der Waals surface area contributed by atoms with Gasteiger partial charge in [-0.1, -0.05) is 60.7 Å². The molecule has 0 saturated carbocycles. The fourth-order valence-electron chi connectivity index (χ4n) is 6.38. The lowest BCUT2D eigenvalue weighted by Crippen LogP contribution is -2.50. The highest BCUT2D eigenvalue weighted by molar-refractivity contribution is 7.89. The van der Waals surface area contributed by atoms with E-state index in [1.54, 1.807) is 36.8 Å². The van der Waals surface area contributed by atoms with Crippen molar-refractivity contribution >= 4 is 49.3 Å². The van der Waals surface area contributed by atoms with E-state index in [0.717, 1.165) is 16.0 Å². The molecule has 6 rings (SSSR count). The Bertz CT molecular complexity index is 2290. The fraction of sp³-hybridized carbons (Fsp3) is 0.231. The Balaban J connectivity index is 1.34. The molecule has 3 aromatic carbocycles. The van der Waals surface area contributed by atoms with Crippen LogP contribution in [0, 0.1) is 6.92 Å². The Labute approximate surface area is 317 Å². The van der Waals surface area contributed by atoms with Crippen LogP contribution in [-0.4, -0.2) is 75.6 Å². The summed E-state index contributed by atoms with van der Waals surface area (Å²) in [6.07, 6.45) is 5.06. The second kappa shape index (κ2) is 17.1. The molecule has 0 radical (unpaired) electrons. The van der Waals surface area contributed by atoms with Gasteiger partial charge in [0, 0.05) is 42.2 Å². The molecule has 13 nitrogen and oxygen atoms in total. The van der Waals surface area contributed by atoms with Gasteiger partial charge in [0.15, 0.2) is 0 Å². The zero-order chi connectivity index (χ0) is 38.2. The second-order valence-corrected chi connectivity index (χ2v) is 15.3. The van der Waals surface area contributed by atoms with Gasteiger partial charge in [0.25, 0.3) is 5.91 Å². The molecule has 0 aliphatic carbocycles. The number of anilines is 1. The van der Waals surface area contributed by atoms with Crippen LogP contribution in [0.15, 0.2) is 120 Å². The smallest absolute Gasteiger partial charge is 0.421 e. The topological polar surface area (TPSA) is 182 Å². The number of sulfonamides is 1. The summed E-state index contributed by atoms with van der Waals surface area (Å²) in [5, 5.41) is 10.8. The zero-order valence-corrected chi connectivity index (χ0v) is 31.2.